The molecule has 1 unspecified atom stereocenters. The van der Waals surface area contributed by atoms with Crippen LogP contribution in [0.5, 0.6) is 5.75 Å². The third-order valence-corrected chi connectivity index (χ3v) is 3.75. The number of ether oxygens (including phenoxy) is 1. The monoisotopic (exact) mass is 304 g/mol. The first kappa shape index (κ1) is 15.8. The molecule has 0 fully saturated rings. The van der Waals surface area contributed by atoms with Gasteiger partial charge in [-0.25, -0.2) is 0 Å². The van der Waals surface area contributed by atoms with Gasteiger partial charge in [0.2, 0.25) is 0 Å². The van der Waals surface area contributed by atoms with E-state index in [4.69, 9.17) is 16.3 Å². The van der Waals surface area contributed by atoms with E-state index in [0.29, 0.717) is 5.02 Å². The van der Waals surface area contributed by atoms with Crippen LogP contribution in [0.2, 0.25) is 5.02 Å². The molecule has 0 saturated carbocycles. The van der Waals surface area contributed by atoms with Gasteiger partial charge in [-0.2, -0.15) is 0 Å². The Kier molecular flexibility index (Phi) is 6.03. The van der Waals surface area contributed by atoms with Gasteiger partial charge in [-0.1, -0.05) is 36.7 Å². The Bertz CT molecular complexity index is 574. The number of pyridine rings is 1. The molecule has 1 atom stereocenters. The summed E-state index contributed by atoms with van der Waals surface area (Å²) >= 11 is 6.30. The van der Waals surface area contributed by atoms with Crippen molar-refractivity contribution in [3.63, 3.8) is 0 Å². The number of aromatic nitrogens is 1. The highest BCUT2D eigenvalue weighted by Crippen LogP contribution is 2.28. The molecule has 2 aromatic rings. The van der Waals surface area contributed by atoms with Gasteiger partial charge in [0.25, 0.3) is 0 Å². The summed E-state index contributed by atoms with van der Waals surface area (Å²) in [5, 5.41) is 4.25. The number of hydrogen-bond acceptors (Lipinski definition) is 3. The van der Waals surface area contributed by atoms with Crippen LogP contribution in [0.3, 0.4) is 0 Å². The van der Waals surface area contributed by atoms with Crippen LogP contribution in [0.4, 0.5) is 0 Å². The Hall–Kier alpha value is -1.58. The lowest BCUT2D eigenvalue weighted by Crippen LogP contribution is -2.24. The molecule has 0 bridgehead atoms. The standard InChI is InChI=1S/C17H21ClN2O/c1-3-9-20-16(14-8-10-19-12-15(14)18)11-13-6-4-5-7-17(13)21-2/h4-8,10,12,16,20H,3,9,11H2,1-2H3. The summed E-state index contributed by atoms with van der Waals surface area (Å²) in [5.41, 5.74) is 2.24. The molecule has 0 aliphatic heterocycles. The molecule has 2 rings (SSSR count). The van der Waals surface area contributed by atoms with E-state index in [-0.39, 0.29) is 6.04 Å². The molecule has 0 aliphatic rings. The fourth-order valence-electron chi connectivity index (χ4n) is 2.37. The van der Waals surface area contributed by atoms with Gasteiger partial charge in [0.1, 0.15) is 5.75 Å². The predicted molar refractivity (Wildman–Crippen MR) is 87.0 cm³/mol. The molecule has 1 aromatic carbocycles. The maximum Gasteiger partial charge on any atom is 0.122 e. The third kappa shape index (κ3) is 4.19. The average Bonchev–Trinajstić information content (AvgIpc) is 2.52. The maximum atomic E-state index is 6.30. The number of rotatable bonds is 7. The van der Waals surface area contributed by atoms with Crippen molar-refractivity contribution in [2.24, 2.45) is 0 Å². The van der Waals surface area contributed by atoms with E-state index in [2.05, 4.69) is 23.3 Å². The molecule has 4 heteroatoms. The predicted octanol–water partition coefficient (Wildman–Crippen LogP) is 4.03. The van der Waals surface area contributed by atoms with Gasteiger partial charge in [0, 0.05) is 18.4 Å². The molecule has 0 saturated heterocycles. The van der Waals surface area contributed by atoms with Crippen LogP contribution in [-0.4, -0.2) is 18.6 Å². The second kappa shape index (κ2) is 8.01. The highest BCUT2D eigenvalue weighted by molar-refractivity contribution is 6.31. The summed E-state index contributed by atoms with van der Waals surface area (Å²) in [6, 6.07) is 10.2. The van der Waals surface area contributed by atoms with E-state index < -0.39 is 0 Å². The van der Waals surface area contributed by atoms with Gasteiger partial charge in [-0.15, -0.1) is 0 Å². The van der Waals surface area contributed by atoms with Crippen molar-refractivity contribution in [1.29, 1.82) is 0 Å². The average molecular weight is 305 g/mol. The summed E-state index contributed by atoms with van der Waals surface area (Å²) in [4.78, 5) is 4.06. The summed E-state index contributed by atoms with van der Waals surface area (Å²) in [7, 11) is 1.70. The van der Waals surface area contributed by atoms with Crippen LogP contribution >= 0.6 is 11.6 Å². The van der Waals surface area contributed by atoms with Gasteiger partial charge in [-0.05, 0) is 42.6 Å². The molecule has 1 N–H and O–H groups in total. The van der Waals surface area contributed by atoms with Crippen molar-refractivity contribution in [3.05, 3.63) is 58.9 Å². The first-order chi connectivity index (χ1) is 10.3. The summed E-state index contributed by atoms with van der Waals surface area (Å²) < 4.78 is 5.44. The number of para-hydroxylation sites is 1. The molecule has 3 nitrogen and oxygen atoms in total. The molecule has 112 valence electrons. The lowest BCUT2D eigenvalue weighted by atomic mass is 9.99. The summed E-state index contributed by atoms with van der Waals surface area (Å²) in [6.45, 7) is 3.10. The zero-order valence-corrected chi connectivity index (χ0v) is 13.2. The second-order valence-electron chi connectivity index (χ2n) is 4.92. The molecule has 1 heterocycles. The van der Waals surface area contributed by atoms with Crippen molar-refractivity contribution in [2.45, 2.75) is 25.8 Å². The van der Waals surface area contributed by atoms with E-state index in [1.807, 2.05) is 24.3 Å². The van der Waals surface area contributed by atoms with E-state index in [9.17, 15) is 0 Å². The van der Waals surface area contributed by atoms with Crippen LogP contribution in [-0.2, 0) is 6.42 Å². The van der Waals surface area contributed by atoms with E-state index in [0.717, 1.165) is 30.7 Å². The number of benzene rings is 1. The fourth-order valence-corrected chi connectivity index (χ4v) is 2.62. The van der Waals surface area contributed by atoms with Crippen LogP contribution in [0, 0.1) is 0 Å². The lowest BCUT2D eigenvalue weighted by Gasteiger charge is -2.21. The van der Waals surface area contributed by atoms with Crippen molar-refractivity contribution < 1.29 is 4.74 Å². The Morgan fingerprint density at radius 1 is 1.29 bits per heavy atom. The van der Waals surface area contributed by atoms with Gasteiger partial charge in [-0.3, -0.25) is 4.98 Å². The number of nitrogens with zero attached hydrogens (tertiary/aromatic N) is 1. The van der Waals surface area contributed by atoms with Crippen molar-refractivity contribution >= 4 is 11.6 Å². The van der Waals surface area contributed by atoms with Crippen LogP contribution in [0.1, 0.15) is 30.5 Å². The van der Waals surface area contributed by atoms with Gasteiger partial charge < -0.3 is 10.1 Å². The minimum absolute atomic E-state index is 0.150. The van der Waals surface area contributed by atoms with Gasteiger partial charge >= 0.3 is 0 Å². The normalized spacial score (nSPS) is 12.1. The Balaban J connectivity index is 2.26. The summed E-state index contributed by atoms with van der Waals surface area (Å²) in [6.07, 6.45) is 5.38. The third-order valence-electron chi connectivity index (χ3n) is 3.44. The molecule has 0 amide bonds. The first-order valence-corrected chi connectivity index (χ1v) is 7.58. The molecule has 21 heavy (non-hydrogen) atoms. The Morgan fingerprint density at radius 3 is 2.81 bits per heavy atom. The van der Waals surface area contributed by atoms with E-state index in [1.54, 1.807) is 19.5 Å². The maximum absolute atomic E-state index is 6.30. The zero-order chi connectivity index (χ0) is 15.1. The Labute approximate surface area is 131 Å². The summed E-state index contributed by atoms with van der Waals surface area (Å²) in [5.74, 6) is 0.908. The molecular formula is C17H21ClN2O. The van der Waals surface area contributed by atoms with Crippen molar-refractivity contribution in [1.82, 2.24) is 10.3 Å². The molecule has 0 radical (unpaired) electrons. The van der Waals surface area contributed by atoms with Crippen LogP contribution in [0.25, 0.3) is 0 Å². The number of halogens is 1. The smallest absolute Gasteiger partial charge is 0.122 e. The van der Waals surface area contributed by atoms with Gasteiger partial charge in [0.05, 0.1) is 12.1 Å². The molecule has 0 spiro atoms. The highest BCUT2D eigenvalue weighted by Gasteiger charge is 2.16. The SMILES string of the molecule is CCCNC(Cc1ccccc1OC)c1ccncc1Cl. The van der Waals surface area contributed by atoms with E-state index >= 15 is 0 Å². The van der Waals surface area contributed by atoms with Crippen molar-refractivity contribution in [3.8, 4) is 5.75 Å². The molecular weight excluding hydrogens is 284 g/mol. The number of methoxy groups -OCH3 is 1. The highest BCUT2D eigenvalue weighted by atomic mass is 35.5. The zero-order valence-electron chi connectivity index (χ0n) is 12.5. The Morgan fingerprint density at radius 2 is 2.10 bits per heavy atom. The minimum atomic E-state index is 0.150. The van der Waals surface area contributed by atoms with Crippen molar-refractivity contribution in [2.75, 3.05) is 13.7 Å². The van der Waals surface area contributed by atoms with Crippen LogP contribution in [0.15, 0.2) is 42.7 Å². The largest absolute Gasteiger partial charge is 0.496 e. The quantitative estimate of drug-likeness (QED) is 0.838. The lowest BCUT2D eigenvalue weighted by molar-refractivity contribution is 0.405. The topological polar surface area (TPSA) is 34.1 Å². The molecule has 1 aromatic heterocycles. The second-order valence-corrected chi connectivity index (χ2v) is 5.33. The van der Waals surface area contributed by atoms with Crippen LogP contribution < -0.4 is 10.1 Å². The fraction of sp³-hybridized carbons (Fsp3) is 0.353. The van der Waals surface area contributed by atoms with E-state index in [1.165, 1.54) is 5.56 Å². The first-order valence-electron chi connectivity index (χ1n) is 7.21. The number of hydrogen-bond donors (Lipinski definition) is 1. The van der Waals surface area contributed by atoms with Gasteiger partial charge in [0.15, 0.2) is 0 Å². The minimum Gasteiger partial charge on any atom is -0.496 e. The number of nitrogens with one attached hydrogen (secondary N) is 1. The molecule has 0 aliphatic carbocycles.